The summed E-state index contributed by atoms with van der Waals surface area (Å²) in [6.45, 7) is 1.99. The van der Waals surface area contributed by atoms with E-state index in [-0.39, 0.29) is 5.95 Å². The molecule has 5 heteroatoms. The molecule has 0 unspecified atom stereocenters. The van der Waals surface area contributed by atoms with Gasteiger partial charge >= 0.3 is 0 Å². The van der Waals surface area contributed by atoms with Crippen molar-refractivity contribution < 1.29 is 0 Å². The van der Waals surface area contributed by atoms with E-state index in [2.05, 4.69) is 10.1 Å². The van der Waals surface area contributed by atoms with Gasteiger partial charge in [-0.05, 0) is 36.2 Å². The van der Waals surface area contributed by atoms with E-state index in [1.807, 2.05) is 43.5 Å². The van der Waals surface area contributed by atoms with Crippen molar-refractivity contribution in [1.82, 2.24) is 14.6 Å². The van der Waals surface area contributed by atoms with Gasteiger partial charge in [0, 0.05) is 16.8 Å². The number of halogens is 1. The van der Waals surface area contributed by atoms with Crippen LogP contribution < -0.4 is 5.73 Å². The molecular formula is C13H11ClN4. The van der Waals surface area contributed by atoms with E-state index < -0.39 is 0 Å². The summed E-state index contributed by atoms with van der Waals surface area (Å²) in [6.07, 6.45) is 1.82. The lowest BCUT2D eigenvalue weighted by Crippen LogP contribution is -1.91. The molecule has 0 aliphatic heterocycles. The minimum atomic E-state index is 0.266. The average molecular weight is 259 g/mol. The summed E-state index contributed by atoms with van der Waals surface area (Å²) in [5.74, 6) is 0.266. The van der Waals surface area contributed by atoms with E-state index in [1.54, 1.807) is 4.52 Å². The first-order valence-electron chi connectivity index (χ1n) is 5.53. The number of benzene rings is 1. The van der Waals surface area contributed by atoms with Gasteiger partial charge in [0.2, 0.25) is 5.95 Å². The quantitative estimate of drug-likeness (QED) is 0.730. The Morgan fingerprint density at radius 1 is 1.17 bits per heavy atom. The number of anilines is 1. The van der Waals surface area contributed by atoms with Crippen LogP contribution in [0.25, 0.3) is 16.8 Å². The molecule has 0 aliphatic carbocycles. The van der Waals surface area contributed by atoms with Gasteiger partial charge in [-0.1, -0.05) is 23.7 Å². The molecule has 0 saturated heterocycles. The first-order chi connectivity index (χ1) is 8.66. The predicted octanol–water partition coefficient (Wildman–Crippen LogP) is 2.94. The second-order valence-corrected chi connectivity index (χ2v) is 4.48. The van der Waals surface area contributed by atoms with Gasteiger partial charge in [-0.3, -0.25) is 0 Å². The Bertz CT molecular complexity index is 733. The lowest BCUT2D eigenvalue weighted by atomic mass is 10.0. The monoisotopic (exact) mass is 258 g/mol. The van der Waals surface area contributed by atoms with Gasteiger partial charge in [0.05, 0.1) is 0 Å². The first-order valence-corrected chi connectivity index (χ1v) is 5.91. The molecule has 0 aliphatic rings. The number of hydrogen-bond acceptors (Lipinski definition) is 3. The Morgan fingerprint density at radius 3 is 2.78 bits per heavy atom. The molecule has 0 atom stereocenters. The molecule has 18 heavy (non-hydrogen) atoms. The number of nitrogens with zero attached hydrogens (tertiary/aromatic N) is 3. The highest BCUT2D eigenvalue weighted by Gasteiger charge is 2.11. The smallest absolute Gasteiger partial charge is 0.240 e. The fourth-order valence-electron chi connectivity index (χ4n) is 2.03. The standard InChI is InChI=1S/C13H11ClN4/c1-8-9(4-2-6-11(8)14)10-5-3-7-18-12(10)16-13(15)17-18/h2-7H,1H3,(H2,15,17). The molecule has 4 nitrogen and oxygen atoms in total. The predicted molar refractivity (Wildman–Crippen MR) is 72.6 cm³/mol. The highest BCUT2D eigenvalue weighted by atomic mass is 35.5. The average Bonchev–Trinajstić information content (AvgIpc) is 2.73. The number of aromatic nitrogens is 3. The lowest BCUT2D eigenvalue weighted by Gasteiger charge is -2.08. The van der Waals surface area contributed by atoms with Crippen LogP contribution in [0.1, 0.15) is 5.56 Å². The van der Waals surface area contributed by atoms with Gasteiger partial charge in [0.15, 0.2) is 5.65 Å². The zero-order chi connectivity index (χ0) is 12.7. The summed E-state index contributed by atoms with van der Waals surface area (Å²) in [6, 6.07) is 9.72. The second-order valence-electron chi connectivity index (χ2n) is 4.07. The number of fused-ring (bicyclic) bond motifs is 1. The van der Waals surface area contributed by atoms with E-state index in [4.69, 9.17) is 17.3 Å². The first kappa shape index (κ1) is 11.0. The van der Waals surface area contributed by atoms with Crippen LogP contribution in [0.3, 0.4) is 0 Å². The minimum Gasteiger partial charge on any atom is -0.366 e. The zero-order valence-electron chi connectivity index (χ0n) is 9.76. The van der Waals surface area contributed by atoms with Crippen molar-refractivity contribution in [2.75, 3.05) is 5.73 Å². The van der Waals surface area contributed by atoms with Crippen LogP contribution in [-0.2, 0) is 0 Å². The van der Waals surface area contributed by atoms with Crippen LogP contribution in [0.5, 0.6) is 0 Å². The summed E-state index contributed by atoms with van der Waals surface area (Å²) >= 11 is 6.15. The summed E-state index contributed by atoms with van der Waals surface area (Å²) in [7, 11) is 0. The summed E-state index contributed by atoms with van der Waals surface area (Å²) in [5.41, 5.74) is 9.41. The molecule has 0 radical (unpaired) electrons. The van der Waals surface area contributed by atoms with Crippen LogP contribution in [0.15, 0.2) is 36.5 Å². The third-order valence-electron chi connectivity index (χ3n) is 2.94. The zero-order valence-corrected chi connectivity index (χ0v) is 10.5. The van der Waals surface area contributed by atoms with Crippen molar-refractivity contribution in [2.24, 2.45) is 0 Å². The van der Waals surface area contributed by atoms with Crippen molar-refractivity contribution in [3.8, 4) is 11.1 Å². The molecule has 0 fully saturated rings. The summed E-state index contributed by atoms with van der Waals surface area (Å²) < 4.78 is 1.67. The Kier molecular flexibility index (Phi) is 2.45. The maximum atomic E-state index is 6.15. The molecule has 0 spiro atoms. The number of pyridine rings is 1. The highest BCUT2D eigenvalue weighted by Crippen LogP contribution is 2.30. The topological polar surface area (TPSA) is 56.2 Å². The van der Waals surface area contributed by atoms with Crippen molar-refractivity contribution in [1.29, 1.82) is 0 Å². The molecule has 1 aromatic carbocycles. The molecule has 3 rings (SSSR count). The Hall–Kier alpha value is -2.07. The maximum absolute atomic E-state index is 6.15. The van der Waals surface area contributed by atoms with Gasteiger partial charge < -0.3 is 5.73 Å². The van der Waals surface area contributed by atoms with Crippen molar-refractivity contribution in [3.63, 3.8) is 0 Å². The maximum Gasteiger partial charge on any atom is 0.240 e. The van der Waals surface area contributed by atoms with Crippen molar-refractivity contribution in [2.45, 2.75) is 6.92 Å². The van der Waals surface area contributed by atoms with Gasteiger partial charge in [0.1, 0.15) is 0 Å². The minimum absolute atomic E-state index is 0.266. The third-order valence-corrected chi connectivity index (χ3v) is 3.35. The van der Waals surface area contributed by atoms with E-state index in [1.165, 1.54) is 0 Å². The van der Waals surface area contributed by atoms with Crippen LogP contribution in [0, 0.1) is 6.92 Å². The van der Waals surface area contributed by atoms with Crippen LogP contribution >= 0.6 is 11.6 Å². The van der Waals surface area contributed by atoms with E-state index in [9.17, 15) is 0 Å². The number of hydrogen-bond donors (Lipinski definition) is 1. The number of nitrogens with two attached hydrogens (primary N) is 1. The molecule has 2 aromatic heterocycles. The molecule has 90 valence electrons. The molecule has 0 amide bonds. The normalized spacial score (nSPS) is 11.0. The fraction of sp³-hybridized carbons (Fsp3) is 0.0769. The lowest BCUT2D eigenvalue weighted by molar-refractivity contribution is 0.969. The van der Waals surface area contributed by atoms with Crippen LogP contribution in [0.2, 0.25) is 5.02 Å². The summed E-state index contributed by atoms with van der Waals surface area (Å²) in [4.78, 5) is 4.25. The van der Waals surface area contributed by atoms with Gasteiger partial charge in [-0.25, -0.2) is 4.52 Å². The summed E-state index contributed by atoms with van der Waals surface area (Å²) in [5, 5.41) is 4.84. The second kappa shape index (κ2) is 3.99. The molecular weight excluding hydrogens is 248 g/mol. The molecule has 0 bridgehead atoms. The molecule has 2 heterocycles. The van der Waals surface area contributed by atoms with Crippen molar-refractivity contribution >= 4 is 23.2 Å². The van der Waals surface area contributed by atoms with Gasteiger partial charge in [0.25, 0.3) is 0 Å². The van der Waals surface area contributed by atoms with E-state index in [0.29, 0.717) is 0 Å². The molecule has 3 aromatic rings. The van der Waals surface area contributed by atoms with Crippen LogP contribution in [-0.4, -0.2) is 14.6 Å². The Labute approximate surface area is 109 Å². The third kappa shape index (κ3) is 1.62. The van der Waals surface area contributed by atoms with Crippen LogP contribution in [0.4, 0.5) is 5.95 Å². The van der Waals surface area contributed by atoms with Gasteiger partial charge in [-0.15, -0.1) is 5.10 Å². The highest BCUT2D eigenvalue weighted by molar-refractivity contribution is 6.31. The number of nitrogen functional groups attached to an aromatic ring is 1. The fourth-order valence-corrected chi connectivity index (χ4v) is 2.21. The number of rotatable bonds is 1. The Morgan fingerprint density at radius 2 is 1.94 bits per heavy atom. The van der Waals surface area contributed by atoms with Crippen molar-refractivity contribution in [3.05, 3.63) is 47.1 Å². The Balaban J connectivity index is 2.34. The van der Waals surface area contributed by atoms with E-state index >= 15 is 0 Å². The van der Waals surface area contributed by atoms with Gasteiger partial charge in [-0.2, -0.15) is 4.98 Å². The molecule has 2 N–H and O–H groups in total. The molecule has 0 saturated carbocycles. The van der Waals surface area contributed by atoms with E-state index in [0.717, 1.165) is 27.4 Å². The SMILES string of the molecule is Cc1c(Cl)cccc1-c1cccn2nc(N)nc12. The largest absolute Gasteiger partial charge is 0.366 e.